The largest absolute Gasteiger partial charge is 0.497 e. The molecule has 5 rings (SSSR count). The molecule has 0 radical (unpaired) electrons. The van der Waals surface area contributed by atoms with Crippen LogP contribution >= 0.6 is 27.3 Å². The normalized spacial score (nSPS) is 20.5. The van der Waals surface area contributed by atoms with Crippen molar-refractivity contribution in [3.05, 3.63) is 80.5 Å². The quantitative estimate of drug-likeness (QED) is 0.518. The van der Waals surface area contributed by atoms with E-state index in [-0.39, 0.29) is 12.3 Å². The van der Waals surface area contributed by atoms with Crippen LogP contribution in [-0.4, -0.2) is 17.8 Å². The maximum absolute atomic E-state index is 6.40. The van der Waals surface area contributed by atoms with Gasteiger partial charge in [-0.3, -0.25) is 0 Å². The van der Waals surface area contributed by atoms with Gasteiger partial charge in [0.2, 0.25) is 6.23 Å². The van der Waals surface area contributed by atoms with Crippen molar-refractivity contribution in [3.8, 4) is 11.5 Å². The molecule has 6 heteroatoms. The predicted octanol–water partition coefficient (Wildman–Crippen LogP) is 5.76. The molecule has 3 aromatic rings. The number of ether oxygens (including phenoxy) is 2. The van der Waals surface area contributed by atoms with Crippen LogP contribution in [0.1, 0.15) is 34.7 Å². The number of hydrogen-bond donors (Lipinski definition) is 0. The van der Waals surface area contributed by atoms with Gasteiger partial charge in [0.15, 0.2) is 0 Å². The molecule has 2 aromatic carbocycles. The molecule has 0 unspecified atom stereocenters. The Morgan fingerprint density at radius 2 is 2.11 bits per heavy atom. The van der Waals surface area contributed by atoms with Crippen molar-refractivity contribution in [2.75, 3.05) is 7.11 Å². The Balaban J connectivity index is 1.61. The van der Waals surface area contributed by atoms with E-state index in [1.165, 1.54) is 10.4 Å². The zero-order chi connectivity index (χ0) is 18.4. The number of rotatable bonds is 3. The van der Waals surface area contributed by atoms with Crippen LogP contribution in [0.25, 0.3) is 0 Å². The molecule has 0 bridgehead atoms. The minimum Gasteiger partial charge on any atom is -0.497 e. The molecule has 0 N–H and O–H groups in total. The van der Waals surface area contributed by atoms with E-state index >= 15 is 0 Å². The number of fused-ring (bicyclic) bond motifs is 3. The molecule has 0 amide bonds. The second-order valence-corrected chi connectivity index (χ2v) is 8.42. The first-order chi connectivity index (χ1) is 13.2. The number of thiophene rings is 1. The van der Waals surface area contributed by atoms with Crippen LogP contribution < -0.4 is 9.47 Å². The fourth-order valence-electron chi connectivity index (χ4n) is 3.66. The third-order valence-corrected chi connectivity index (χ3v) is 6.35. The average molecular weight is 441 g/mol. The summed E-state index contributed by atoms with van der Waals surface area (Å²) in [6, 6.07) is 18.6. The highest BCUT2D eigenvalue weighted by Crippen LogP contribution is 2.48. The van der Waals surface area contributed by atoms with Crippen molar-refractivity contribution in [2.24, 2.45) is 5.10 Å². The number of hydrazone groups is 1. The zero-order valence-electron chi connectivity index (χ0n) is 14.6. The number of benzene rings is 2. The Bertz CT molecular complexity index is 1020. The molecule has 27 heavy (non-hydrogen) atoms. The summed E-state index contributed by atoms with van der Waals surface area (Å²) in [4.78, 5) is 1.21. The second-order valence-electron chi connectivity index (χ2n) is 6.55. The van der Waals surface area contributed by atoms with Crippen molar-refractivity contribution in [2.45, 2.75) is 18.7 Å². The van der Waals surface area contributed by atoms with Crippen LogP contribution in [0.3, 0.4) is 0 Å². The molecule has 0 saturated carbocycles. The lowest BCUT2D eigenvalue weighted by atomic mass is 9.97. The Morgan fingerprint density at radius 3 is 2.93 bits per heavy atom. The highest BCUT2D eigenvalue weighted by Gasteiger charge is 2.41. The molecule has 0 saturated heterocycles. The van der Waals surface area contributed by atoms with Gasteiger partial charge >= 0.3 is 0 Å². The molecule has 0 fully saturated rings. The van der Waals surface area contributed by atoms with Gasteiger partial charge < -0.3 is 9.47 Å². The molecular formula is C21H17BrN2O2S. The fourth-order valence-corrected chi connectivity index (χ4v) is 4.76. The first-order valence-electron chi connectivity index (χ1n) is 8.72. The number of hydrogen-bond acceptors (Lipinski definition) is 5. The van der Waals surface area contributed by atoms with Crippen molar-refractivity contribution in [1.29, 1.82) is 0 Å². The number of methoxy groups -OCH3 is 1. The monoisotopic (exact) mass is 440 g/mol. The molecule has 2 aliphatic heterocycles. The number of halogens is 1. The zero-order valence-corrected chi connectivity index (χ0v) is 17.0. The van der Waals surface area contributed by atoms with Gasteiger partial charge in [-0.25, -0.2) is 5.01 Å². The van der Waals surface area contributed by atoms with Gasteiger partial charge in [0.25, 0.3) is 0 Å². The van der Waals surface area contributed by atoms with Crippen LogP contribution in [0.5, 0.6) is 11.5 Å². The SMILES string of the molecule is COc1cccc([C@@H]2Oc3ccc(Br)cc3[C@H]3CC(c4cccs4)=NN32)c1. The third-order valence-electron chi connectivity index (χ3n) is 4.94. The molecule has 4 nitrogen and oxygen atoms in total. The maximum atomic E-state index is 6.40. The van der Waals surface area contributed by atoms with Gasteiger partial charge in [0.1, 0.15) is 11.5 Å². The van der Waals surface area contributed by atoms with Crippen LogP contribution in [-0.2, 0) is 0 Å². The molecule has 2 atom stereocenters. The fraction of sp³-hybridized carbons (Fsp3) is 0.190. The smallest absolute Gasteiger partial charge is 0.214 e. The Labute approximate surface area is 170 Å². The van der Waals surface area contributed by atoms with Crippen molar-refractivity contribution >= 4 is 33.0 Å². The summed E-state index contributed by atoms with van der Waals surface area (Å²) in [5.74, 6) is 1.73. The van der Waals surface area contributed by atoms with E-state index in [1.807, 2.05) is 30.3 Å². The van der Waals surface area contributed by atoms with Crippen molar-refractivity contribution < 1.29 is 9.47 Å². The van der Waals surface area contributed by atoms with Crippen molar-refractivity contribution in [3.63, 3.8) is 0 Å². The molecule has 1 aromatic heterocycles. The van der Waals surface area contributed by atoms with E-state index in [4.69, 9.17) is 14.6 Å². The lowest BCUT2D eigenvalue weighted by molar-refractivity contribution is -0.0191. The van der Waals surface area contributed by atoms with E-state index in [9.17, 15) is 0 Å². The summed E-state index contributed by atoms with van der Waals surface area (Å²) in [6.45, 7) is 0. The van der Waals surface area contributed by atoms with E-state index < -0.39 is 0 Å². The standard InChI is InChI=1S/C21H17BrN2O2S/c1-25-15-5-2-4-13(10-15)21-24-18(12-17(23-24)20-6-3-9-27-20)16-11-14(22)7-8-19(16)26-21/h2-11,18,21H,12H2,1H3/t18-,21+/m1/s1. The molecular weight excluding hydrogens is 424 g/mol. The highest BCUT2D eigenvalue weighted by atomic mass is 79.9. The van der Waals surface area contributed by atoms with Crippen LogP contribution in [0.4, 0.5) is 0 Å². The van der Waals surface area contributed by atoms with Crippen LogP contribution in [0.2, 0.25) is 0 Å². The van der Waals surface area contributed by atoms with Crippen LogP contribution in [0.15, 0.2) is 69.6 Å². The molecule has 2 aliphatic rings. The minimum atomic E-state index is -0.281. The Hall–Kier alpha value is -2.31. The molecule has 0 aliphatic carbocycles. The molecule has 3 heterocycles. The first-order valence-corrected chi connectivity index (χ1v) is 10.4. The first kappa shape index (κ1) is 16.8. The Morgan fingerprint density at radius 1 is 1.19 bits per heavy atom. The summed E-state index contributed by atoms with van der Waals surface area (Å²) in [6.07, 6.45) is 0.588. The van der Waals surface area contributed by atoms with Gasteiger partial charge in [-0.05, 0) is 41.8 Å². The summed E-state index contributed by atoms with van der Waals surface area (Å²) in [5.41, 5.74) is 3.31. The van der Waals surface area contributed by atoms with Crippen LogP contribution in [0, 0.1) is 0 Å². The summed E-state index contributed by atoms with van der Waals surface area (Å²) in [7, 11) is 1.68. The second kappa shape index (κ2) is 6.69. The average Bonchev–Trinajstić information content (AvgIpc) is 3.37. The van der Waals surface area contributed by atoms with Gasteiger partial charge in [0.05, 0.1) is 23.7 Å². The van der Waals surface area contributed by atoms with Gasteiger partial charge in [0, 0.05) is 22.0 Å². The number of nitrogens with zero attached hydrogens (tertiary/aromatic N) is 2. The maximum Gasteiger partial charge on any atom is 0.214 e. The summed E-state index contributed by atoms with van der Waals surface area (Å²) >= 11 is 5.32. The minimum absolute atomic E-state index is 0.152. The molecule has 0 spiro atoms. The third kappa shape index (κ3) is 2.93. The lowest BCUT2D eigenvalue weighted by Crippen LogP contribution is -2.33. The lowest BCUT2D eigenvalue weighted by Gasteiger charge is -2.38. The van der Waals surface area contributed by atoms with E-state index in [2.05, 4.69) is 50.6 Å². The predicted molar refractivity (Wildman–Crippen MR) is 111 cm³/mol. The van der Waals surface area contributed by atoms with E-state index in [1.54, 1.807) is 18.4 Å². The topological polar surface area (TPSA) is 34.1 Å². The summed E-state index contributed by atoms with van der Waals surface area (Å²) < 4.78 is 12.9. The molecule has 136 valence electrons. The van der Waals surface area contributed by atoms with Gasteiger partial charge in [-0.1, -0.05) is 34.1 Å². The Kier molecular flexibility index (Phi) is 4.17. The highest BCUT2D eigenvalue weighted by molar-refractivity contribution is 9.10. The summed E-state index contributed by atoms with van der Waals surface area (Å²) in [5, 5.41) is 9.16. The van der Waals surface area contributed by atoms with Gasteiger partial charge in [-0.2, -0.15) is 5.10 Å². The van der Waals surface area contributed by atoms with E-state index in [0.717, 1.165) is 33.7 Å². The van der Waals surface area contributed by atoms with Crippen molar-refractivity contribution in [1.82, 2.24) is 5.01 Å². The van der Waals surface area contributed by atoms with E-state index in [0.29, 0.717) is 0 Å². The van der Waals surface area contributed by atoms with Gasteiger partial charge in [-0.15, -0.1) is 11.3 Å².